The molecular weight excluding hydrogens is 256 g/mol. The summed E-state index contributed by atoms with van der Waals surface area (Å²) >= 11 is 0. The van der Waals surface area contributed by atoms with Gasteiger partial charge in [-0.2, -0.15) is 5.26 Å². The molecule has 1 amide bonds. The summed E-state index contributed by atoms with van der Waals surface area (Å²) in [5, 5.41) is 10.6. The van der Waals surface area contributed by atoms with Gasteiger partial charge >= 0.3 is 0 Å². The van der Waals surface area contributed by atoms with Crippen LogP contribution >= 0.6 is 0 Å². The van der Waals surface area contributed by atoms with Crippen molar-refractivity contribution in [3.8, 4) is 11.8 Å². The van der Waals surface area contributed by atoms with Crippen molar-refractivity contribution in [2.24, 2.45) is 5.73 Å². The highest BCUT2D eigenvalue weighted by atomic mass is 19.1. The number of nitrogens with two attached hydrogens (primary N) is 1. The van der Waals surface area contributed by atoms with Gasteiger partial charge in [-0.15, -0.1) is 0 Å². The molecule has 0 aromatic heterocycles. The summed E-state index contributed by atoms with van der Waals surface area (Å²) in [4.78, 5) is 11.2. The van der Waals surface area contributed by atoms with E-state index in [0.717, 1.165) is 12.1 Å². The van der Waals surface area contributed by atoms with Crippen LogP contribution in [-0.4, -0.2) is 19.1 Å². The molecule has 0 atom stereocenters. The molecule has 0 saturated heterocycles. The molecule has 0 saturated carbocycles. The predicted octanol–water partition coefficient (Wildman–Crippen LogP) is 0.832. The number of ether oxygens (including phenoxy) is 1. The summed E-state index contributed by atoms with van der Waals surface area (Å²) in [6, 6.07) is 3.94. The summed E-state index contributed by atoms with van der Waals surface area (Å²) < 4.78 is 31.7. The maximum Gasteiger partial charge on any atom is 0.257 e. The molecule has 102 valence electrons. The molecule has 0 spiro atoms. The third kappa shape index (κ3) is 4.52. The molecule has 0 bridgehead atoms. The summed E-state index contributed by atoms with van der Waals surface area (Å²) in [6.07, 6.45) is 0.152. The van der Waals surface area contributed by atoms with Gasteiger partial charge in [0.15, 0.2) is 24.0 Å². The first-order chi connectivity index (χ1) is 9.08. The zero-order chi connectivity index (χ0) is 14.3. The Morgan fingerprint density at radius 3 is 2.58 bits per heavy atom. The number of hydrogen-bond donors (Lipinski definition) is 2. The zero-order valence-corrected chi connectivity index (χ0v) is 10.1. The lowest BCUT2D eigenvalue weighted by Crippen LogP contribution is -2.29. The van der Waals surface area contributed by atoms with E-state index in [1.54, 1.807) is 0 Å². The van der Waals surface area contributed by atoms with Gasteiger partial charge in [0, 0.05) is 13.1 Å². The Morgan fingerprint density at radius 1 is 1.42 bits per heavy atom. The molecule has 0 radical (unpaired) electrons. The van der Waals surface area contributed by atoms with Crippen molar-refractivity contribution in [3.05, 3.63) is 29.3 Å². The van der Waals surface area contributed by atoms with Crippen LogP contribution < -0.4 is 15.8 Å². The molecule has 5 nitrogen and oxygen atoms in total. The maximum absolute atomic E-state index is 13.5. The number of hydrogen-bond acceptors (Lipinski definition) is 4. The zero-order valence-electron chi connectivity index (χ0n) is 10.1. The Labute approximate surface area is 109 Å². The van der Waals surface area contributed by atoms with Crippen LogP contribution in [0.25, 0.3) is 0 Å². The van der Waals surface area contributed by atoms with Crippen molar-refractivity contribution in [2.45, 2.75) is 13.0 Å². The van der Waals surface area contributed by atoms with Gasteiger partial charge in [0.05, 0.1) is 12.5 Å². The van der Waals surface area contributed by atoms with E-state index in [4.69, 9.17) is 15.7 Å². The van der Waals surface area contributed by atoms with Crippen LogP contribution in [-0.2, 0) is 11.3 Å². The van der Waals surface area contributed by atoms with Crippen LogP contribution in [0.3, 0.4) is 0 Å². The second-order valence-electron chi connectivity index (χ2n) is 3.64. The second kappa shape index (κ2) is 7.28. The number of carbonyl (C=O) groups is 1. The Morgan fingerprint density at radius 2 is 2.05 bits per heavy atom. The van der Waals surface area contributed by atoms with E-state index in [-0.39, 0.29) is 19.5 Å². The number of nitrogens with zero attached hydrogens (tertiary/aromatic N) is 1. The number of benzene rings is 1. The van der Waals surface area contributed by atoms with Crippen molar-refractivity contribution in [2.75, 3.05) is 13.2 Å². The maximum atomic E-state index is 13.5. The van der Waals surface area contributed by atoms with Crippen molar-refractivity contribution >= 4 is 5.91 Å². The van der Waals surface area contributed by atoms with Crippen LogP contribution in [0.1, 0.15) is 12.0 Å². The molecular formula is C12H13F2N3O2. The highest BCUT2D eigenvalue weighted by molar-refractivity contribution is 5.77. The molecule has 3 N–H and O–H groups in total. The predicted molar refractivity (Wildman–Crippen MR) is 63.0 cm³/mol. The van der Waals surface area contributed by atoms with E-state index in [1.807, 2.05) is 6.07 Å². The monoisotopic (exact) mass is 269 g/mol. The molecule has 0 heterocycles. The fourth-order valence-corrected chi connectivity index (χ4v) is 1.31. The lowest BCUT2D eigenvalue weighted by molar-refractivity contribution is -0.123. The van der Waals surface area contributed by atoms with Crippen LogP contribution in [0.5, 0.6) is 5.75 Å². The molecule has 7 heteroatoms. The Bertz CT molecular complexity index is 477. The van der Waals surface area contributed by atoms with Gasteiger partial charge in [-0.1, -0.05) is 0 Å². The normalized spacial score (nSPS) is 9.79. The Hall–Kier alpha value is -2.20. The Kier molecular flexibility index (Phi) is 5.70. The number of amides is 1. The first-order valence-corrected chi connectivity index (χ1v) is 5.53. The quantitative estimate of drug-likeness (QED) is 0.749. The molecule has 0 aliphatic rings. The number of nitriles is 1. The van der Waals surface area contributed by atoms with Gasteiger partial charge in [0.1, 0.15) is 0 Å². The van der Waals surface area contributed by atoms with E-state index < -0.39 is 29.9 Å². The minimum Gasteiger partial charge on any atom is -0.478 e. The van der Waals surface area contributed by atoms with Crippen molar-refractivity contribution in [3.63, 3.8) is 0 Å². The average Bonchev–Trinajstić information content (AvgIpc) is 2.37. The number of carbonyl (C=O) groups excluding carboxylic acids is 1. The van der Waals surface area contributed by atoms with Crippen molar-refractivity contribution < 1.29 is 18.3 Å². The highest BCUT2D eigenvalue weighted by Crippen LogP contribution is 2.23. The van der Waals surface area contributed by atoms with Gasteiger partial charge in [0.2, 0.25) is 0 Å². The second-order valence-corrected chi connectivity index (χ2v) is 3.64. The van der Waals surface area contributed by atoms with E-state index in [9.17, 15) is 13.6 Å². The fraction of sp³-hybridized carbons (Fsp3) is 0.333. The summed E-state index contributed by atoms with van der Waals surface area (Å²) in [6.45, 7) is -0.361. The van der Waals surface area contributed by atoms with Gasteiger partial charge < -0.3 is 15.8 Å². The minimum atomic E-state index is -0.912. The third-order valence-corrected chi connectivity index (χ3v) is 2.20. The van der Waals surface area contributed by atoms with Crippen molar-refractivity contribution in [1.29, 1.82) is 5.26 Å². The average molecular weight is 269 g/mol. The first-order valence-electron chi connectivity index (χ1n) is 5.53. The topological polar surface area (TPSA) is 88.1 Å². The van der Waals surface area contributed by atoms with Gasteiger partial charge in [-0.05, 0) is 17.7 Å². The lowest BCUT2D eigenvalue weighted by Gasteiger charge is -2.09. The third-order valence-electron chi connectivity index (χ3n) is 2.20. The van der Waals surface area contributed by atoms with E-state index in [0.29, 0.717) is 5.56 Å². The molecule has 0 unspecified atom stereocenters. The SMILES string of the molecule is N#CCCNC(=O)COc1c(F)cc(CN)cc1F. The smallest absolute Gasteiger partial charge is 0.257 e. The molecule has 1 rings (SSSR count). The summed E-state index contributed by atoms with van der Waals surface area (Å²) in [5.41, 5.74) is 5.56. The van der Waals surface area contributed by atoms with E-state index in [1.165, 1.54) is 0 Å². The van der Waals surface area contributed by atoms with Crippen LogP contribution in [0.4, 0.5) is 8.78 Å². The number of rotatable bonds is 6. The standard InChI is InChI=1S/C12H13F2N3O2/c13-9-4-8(6-16)5-10(14)12(9)19-7-11(18)17-3-1-2-15/h4-5H,1,3,6-7,16H2,(H,17,18). The van der Waals surface area contributed by atoms with Crippen LogP contribution in [0.2, 0.25) is 0 Å². The first kappa shape index (κ1) is 14.9. The van der Waals surface area contributed by atoms with E-state index in [2.05, 4.69) is 5.32 Å². The fourth-order valence-electron chi connectivity index (χ4n) is 1.31. The summed E-state index contributed by atoms with van der Waals surface area (Å²) in [7, 11) is 0. The molecule has 1 aromatic rings. The number of halogens is 2. The molecule has 1 aromatic carbocycles. The molecule has 0 fully saturated rings. The highest BCUT2D eigenvalue weighted by Gasteiger charge is 2.13. The van der Waals surface area contributed by atoms with Gasteiger partial charge in [-0.25, -0.2) is 8.78 Å². The Balaban J connectivity index is 2.58. The largest absolute Gasteiger partial charge is 0.478 e. The molecule has 0 aliphatic heterocycles. The van der Waals surface area contributed by atoms with Gasteiger partial charge in [-0.3, -0.25) is 4.79 Å². The van der Waals surface area contributed by atoms with Crippen LogP contribution in [0, 0.1) is 23.0 Å². The van der Waals surface area contributed by atoms with Crippen molar-refractivity contribution in [1.82, 2.24) is 5.32 Å². The molecule has 19 heavy (non-hydrogen) atoms. The minimum absolute atomic E-state index is 0.00274. The number of nitrogens with one attached hydrogen (secondary N) is 1. The van der Waals surface area contributed by atoms with Crippen LogP contribution in [0.15, 0.2) is 12.1 Å². The van der Waals surface area contributed by atoms with E-state index >= 15 is 0 Å². The molecule has 0 aliphatic carbocycles. The summed E-state index contributed by atoms with van der Waals surface area (Å²) in [5.74, 6) is -3.00. The van der Waals surface area contributed by atoms with Gasteiger partial charge in [0.25, 0.3) is 5.91 Å². The lowest BCUT2D eigenvalue weighted by atomic mass is 10.2.